The molecule has 0 aliphatic carbocycles. The van der Waals surface area contributed by atoms with Crippen LogP contribution < -0.4 is 0 Å². The molecule has 4 nitrogen and oxygen atoms in total. The van der Waals surface area contributed by atoms with Gasteiger partial charge in [0.1, 0.15) is 11.5 Å². The third kappa shape index (κ3) is 4.56. The fraction of sp³-hybridized carbons (Fsp3) is 0.105. The molecule has 0 unspecified atom stereocenters. The molecule has 2 heterocycles. The summed E-state index contributed by atoms with van der Waals surface area (Å²) in [4.78, 5) is 14.3. The first kappa shape index (κ1) is 17.4. The quantitative estimate of drug-likeness (QED) is 0.540. The molecule has 2 aromatic heterocycles. The van der Waals surface area contributed by atoms with E-state index < -0.39 is 0 Å². The fourth-order valence-corrected chi connectivity index (χ4v) is 2.85. The summed E-state index contributed by atoms with van der Waals surface area (Å²) in [5.74, 6) is 1.16. The average Bonchev–Trinajstić information content (AvgIpc) is 3.27. The molecule has 0 radical (unpaired) electrons. The molecule has 0 bridgehead atoms. The van der Waals surface area contributed by atoms with Crippen molar-refractivity contribution in [2.24, 2.45) is 0 Å². The second-order valence-electron chi connectivity index (χ2n) is 5.32. The summed E-state index contributed by atoms with van der Waals surface area (Å²) in [5, 5.41) is 0.973. The van der Waals surface area contributed by atoms with Gasteiger partial charge in [-0.3, -0.25) is 4.79 Å². The van der Waals surface area contributed by atoms with E-state index in [4.69, 9.17) is 32.0 Å². The Morgan fingerprint density at radius 3 is 1.96 bits per heavy atom. The highest BCUT2D eigenvalue weighted by Crippen LogP contribution is 2.25. The zero-order valence-electron chi connectivity index (χ0n) is 13.2. The van der Waals surface area contributed by atoms with Gasteiger partial charge in [0.2, 0.25) is 5.91 Å². The first-order valence-corrected chi connectivity index (χ1v) is 8.35. The maximum Gasteiger partial charge on any atom is 0.247 e. The Balaban J connectivity index is 1.79. The Morgan fingerprint density at radius 1 is 0.920 bits per heavy atom. The number of halogens is 2. The maximum atomic E-state index is 12.7. The number of amides is 1. The largest absolute Gasteiger partial charge is 0.467 e. The van der Waals surface area contributed by atoms with Gasteiger partial charge in [0, 0.05) is 21.7 Å². The molecule has 3 aromatic rings. The predicted molar refractivity (Wildman–Crippen MR) is 97.2 cm³/mol. The van der Waals surface area contributed by atoms with Gasteiger partial charge in [-0.2, -0.15) is 0 Å². The zero-order valence-corrected chi connectivity index (χ0v) is 14.7. The van der Waals surface area contributed by atoms with E-state index >= 15 is 0 Å². The Hall–Kier alpha value is -2.43. The van der Waals surface area contributed by atoms with E-state index in [2.05, 4.69) is 0 Å². The van der Waals surface area contributed by atoms with Gasteiger partial charge in [0.25, 0.3) is 0 Å². The molecule has 0 saturated heterocycles. The van der Waals surface area contributed by atoms with Crippen molar-refractivity contribution in [1.29, 1.82) is 0 Å². The average molecular weight is 376 g/mol. The van der Waals surface area contributed by atoms with Crippen LogP contribution in [0.3, 0.4) is 0 Å². The fourth-order valence-electron chi connectivity index (χ4n) is 2.32. The lowest BCUT2D eigenvalue weighted by atomic mass is 10.2. The van der Waals surface area contributed by atoms with E-state index in [0.29, 0.717) is 40.2 Å². The van der Waals surface area contributed by atoms with Crippen LogP contribution in [0.5, 0.6) is 0 Å². The van der Waals surface area contributed by atoms with E-state index in [1.54, 1.807) is 53.8 Å². The Kier molecular flexibility index (Phi) is 5.64. The van der Waals surface area contributed by atoms with E-state index in [9.17, 15) is 4.79 Å². The Morgan fingerprint density at radius 2 is 1.48 bits per heavy atom. The van der Waals surface area contributed by atoms with Crippen LogP contribution >= 0.6 is 23.2 Å². The molecule has 1 amide bonds. The summed E-state index contributed by atoms with van der Waals surface area (Å²) in [5.41, 5.74) is 0.607. The van der Waals surface area contributed by atoms with Crippen molar-refractivity contribution in [3.63, 3.8) is 0 Å². The smallest absolute Gasteiger partial charge is 0.247 e. The predicted octanol–water partition coefficient (Wildman–Crippen LogP) is 5.42. The summed E-state index contributed by atoms with van der Waals surface area (Å²) in [7, 11) is 0. The number of hydrogen-bond donors (Lipinski definition) is 0. The van der Waals surface area contributed by atoms with Gasteiger partial charge >= 0.3 is 0 Å². The second-order valence-corrected chi connectivity index (χ2v) is 6.14. The van der Waals surface area contributed by atoms with Crippen molar-refractivity contribution in [1.82, 2.24) is 4.90 Å². The van der Waals surface area contributed by atoms with Crippen molar-refractivity contribution in [2.75, 3.05) is 0 Å². The van der Waals surface area contributed by atoms with Crippen LogP contribution in [0.25, 0.3) is 6.08 Å². The molecule has 0 atom stereocenters. The standard InChI is InChI=1S/C19H15Cl2NO3/c20-17-6-1-7-18(21)16(17)8-9-19(23)22(12-14-4-2-10-24-14)13-15-5-3-11-25-15/h1-11H,12-13H2/b9-8+. The number of benzene rings is 1. The number of hydrogen-bond acceptors (Lipinski definition) is 3. The Labute approximate surface area is 155 Å². The highest BCUT2D eigenvalue weighted by atomic mass is 35.5. The van der Waals surface area contributed by atoms with Crippen molar-refractivity contribution >= 4 is 35.2 Å². The highest BCUT2D eigenvalue weighted by Gasteiger charge is 2.15. The third-order valence-electron chi connectivity index (χ3n) is 3.56. The lowest BCUT2D eigenvalue weighted by Gasteiger charge is -2.18. The molecule has 0 saturated carbocycles. The summed E-state index contributed by atoms with van der Waals surface area (Å²) < 4.78 is 10.7. The van der Waals surface area contributed by atoms with Crippen molar-refractivity contribution in [3.05, 3.63) is 88.2 Å². The third-order valence-corrected chi connectivity index (χ3v) is 4.22. The molecule has 128 valence electrons. The van der Waals surface area contributed by atoms with Crippen LogP contribution in [-0.4, -0.2) is 10.8 Å². The summed E-state index contributed by atoms with van der Waals surface area (Å²) >= 11 is 12.3. The molecule has 3 rings (SSSR count). The zero-order chi connectivity index (χ0) is 17.6. The first-order valence-electron chi connectivity index (χ1n) is 7.59. The molecule has 0 N–H and O–H groups in total. The molecule has 0 fully saturated rings. The van der Waals surface area contributed by atoms with E-state index in [-0.39, 0.29) is 5.91 Å². The van der Waals surface area contributed by atoms with Gasteiger partial charge < -0.3 is 13.7 Å². The van der Waals surface area contributed by atoms with Gasteiger partial charge in [-0.25, -0.2) is 0 Å². The molecule has 0 spiro atoms. The van der Waals surface area contributed by atoms with Crippen LogP contribution in [-0.2, 0) is 17.9 Å². The summed E-state index contributed by atoms with van der Waals surface area (Å²) in [6.07, 6.45) is 6.21. The molecule has 0 aliphatic rings. The molecular weight excluding hydrogens is 361 g/mol. The van der Waals surface area contributed by atoms with E-state index in [1.807, 2.05) is 12.1 Å². The van der Waals surface area contributed by atoms with Crippen LogP contribution in [0.4, 0.5) is 0 Å². The minimum Gasteiger partial charge on any atom is -0.467 e. The monoisotopic (exact) mass is 375 g/mol. The van der Waals surface area contributed by atoms with Crippen LogP contribution in [0.2, 0.25) is 10.0 Å². The van der Waals surface area contributed by atoms with Gasteiger partial charge in [0.15, 0.2) is 0 Å². The summed E-state index contributed by atoms with van der Waals surface area (Å²) in [6, 6.07) is 12.4. The van der Waals surface area contributed by atoms with Crippen LogP contribution in [0.15, 0.2) is 69.9 Å². The van der Waals surface area contributed by atoms with Gasteiger partial charge in [-0.15, -0.1) is 0 Å². The van der Waals surface area contributed by atoms with Crippen molar-refractivity contribution < 1.29 is 13.6 Å². The van der Waals surface area contributed by atoms with Crippen LogP contribution in [0, 0.1) is 0 Å². The highest BCUT2D eigenvalue weighted by molar-refractivity contribution is 6.37. The van der Waals surface area contributed by atoms with Gasteiger partial charge in [-0.05, 0) is 42.5 Å². The number of rotatable bonds is 6. The molecule has 0 aliphatic heterocycles. The molecule has 6 heteroatoms. The maximum absolute atomic E-state index is 12.7. The minimum absolute atomic E-state index is 0.205. The number of nitrogens with zero attached hydrogens (tertiary/aromatic N) is 1. The van der Waals surface area contributed by atoms with Gasteiger partial charge in [0.05, 0.1) is 25.6 Å². The normalized spacial score (nSPS) is 11.1. The van der Waals surface area contributed by atoms with Gasteiger partial charge in [-0.1, -0.05) is 29.3 Å². The topological polar surface area (TPSA) is 46.6 Å². The number of carbonyl (C=O) groups is 1. The molecule has 1 aromatic carbocycles. The SMILES string of the molecule is O=C(/C=C/c1c(Cl)cccc1Cl)N(Cc1ccco1)Cc1ccco1. The van der Waals surface area contributed by atoms with Crippen molar-refractivity contribution in [3.8, 4) is 0 Å². The van der Waals surface area contributed by atoms with Crippen LogP contribution in [0.1, 0.15) is 17.1 Å². The number of carbonyl (C=O) groups excluding carboxylic acids is 1. The molecular formula is C19H15Cl2NO3. The second kappa shape index (κ2) is 8.10. The lowest BCUT2D eigenvalue weighted by molar-refractivity contribution is -0.127. The minimum atomic E-state index is -0.205. The first-order chi connectivity index (χ1) is 12.1. The lowest BCUT2D eigenvalue weighted by Crippen LogP contribution is -2.28. The van der Waals surface area contributed by atoms with E-state index in [0.717, 1.165) is 0 Å². The number of furan rings is 2. The molecule has 25 heavy (non-hydrogen) atoms. The van der Waals surface area contributed by atoms with Crippen molar-refractivity contribution in [2.45, 2.75) is 13.1 Å². The summed E-state index contributed by atoms with van der Waals surface area (Å²) in [6.45, 7) is 0.653. The van der Waals surface area contributed by atoms with E-state index in [1.165, 1.54) is 6.08 Å². The Bertz CT molecular complexity index is 798.